The molecule has 0 spiro atoms. The van der Waals surface area contributed by atoms with E-state index in [0.29, 0.717) is 6.29 Å². The van der Waals surface area contributed by atoms with Crippen molar-refractivity contribution in [3.8, 4) is 0 Å². The van der Waals surface area contributed by atoms with E-state index in [1.807, 2.05) is 0 Å². The lowest BCUT2D eigenvalue weighted by Crippen LogP contribution is -2.12. The molecule has 0 amide bonds. The molecule has 2 aromatic rings. The number of hydrogen-bond donors (Lipinski definition) is 1. The molecule has 7 heteroatoms. The molecule has 0 radical (unpaired) electrons. The highest BCUT2D eigenvalue weighted by molar-refractivity contribution is 7.88. The number of fused-ring (bicyclic) bond motifs is 1. The molecule has 1 aromatic heterocycles. The molecule has 0 fully saturated rings. The average molecular weight is 226 g/mol. The number of carbonyl (C=O) groups is 1. The van der Waals surface area contributed by atoms with Crippen molar-refractivity contribution >= 4 is 27.4 Å². The van der Waals surface area contributed by atoms with E-state index >= 15 is 0 Å². The zero-order valence-corrected chi connectivity index (χ0v) is 8.19. The highest BCUT2D eigenvalue weighted by Crippen LogP contribution is 2.20. The fourth-order valence-corrected chi connectivity index (χ4v) is 1.59. The first-order valence-electron chi connectivity index (χ1n) is 3.90. The van der Waals surface area contributed by atoms with Crippen LogP contribution in [0, 0.1) is 0 Å². The van der Waals surface area contributed by atoms with E-state index in [1.54, 1.807) is 6.07 Å². The topological polar surface area (TPSA) is 103 Å². The van der Waals surface area contributed by atoms with Gasteiger partial charge in [-0.3, -0.25) is 4.79 Å². The SMILES string of the molecule is NS(=O)(=O)c1nc2cccc(C=O)c2o1. The van der Waals surface area contributed by atoms with Gasteiger partial charge in [0.05, 0.1) is 5.56 Å². The Bertz CT molecular complexity index is 629. The van der Waals surface area contributed by atoms with Gasteiger partial charge < -0.3 is 4.42 Å². The number of carbonyl (C=O) groups excluding carboxylic acids is 1. The van der Waals surface area contributed by atoms with Crippen molar-refractivity contribution in [3.63, 3.8) is 0 Å². The Balaban J connectivity index is 2.82. The Hall–Kier alpha value is -1.73. The van der Waals surface area contributed by atoms with Crippen LogP contribution in [0.15, 0.2) is 27.8 Å². The number of sulfonamides is 1. The normalized spacial score (nSPS) is 11.8. The predicted octanol–water partition coefficient (Wildman–Crippen LogP) is 0.288. The maximum Gasteiger partial charge on any atom is 0.331 e. The number of aromatic nitrogens is 1. The van der Waals surface area contributed by atoms with E-state index in [-0.39, 0.29) is 16.7 Å². The molecule has 0 aliphatic carbocycles. The Morgan fingerprint density at radius 2 is 2.13 bits per heavy atom. The highest BCUT2D eigenvalue weighted by Gasteiger charge is 2.17. The average Bonchev–Trinajstić information content (AvgIpc) is 2.59. The molecule has 0 unspecified atom stereocenters. The minimum Gasteiger partial charge on any atom is -0.426 e. The molecule has 0 aliphatic rings. The van der Waals surface area contributed by atoms with Gasteiger partial charge in [0.2, 0.25) is 0 Å². The van der Waals surface area contributed by atoms with Gasteiger partial charge in [-0.2, -0.15) is 4.98 Å². The standard InChI is InChI=1S/C8H6N2O4S/c9-15(12,13)8-10-6-3-1-2-5(4-11)7(6)14-8/h1-4H,(H2,9,12,13). The smallest absolute Gasteiger partial charge is 0.331 e. The number of benzene rings is 1. The minimum atomic E-state index is -3.98. The molecule has 0 saturated heterocycles. The third-order valence-electron chi connectivity index (χ3n) is 1.80. The summed E-state index contributed by atoms with van der Waals surface area (Å²) in [5, 5.41) is 4.25. The molecule has 15 heavy (non-hydrogen) atoms. The quantitative estimate of drug-likeness (QED) is 0.741. The van der Waals surface area contributed by atoms with Crippen LogP contribution >= 0.6 is 0 Å². The van der Waals surface area contributed by atoms with E-state index in [0.717, 1.165) is 0 Å². The molecule has 1 heterocycles. The van der Waals surface area contributed by atoms with E-state index in [2.05, 4.69) is 4.98 Å². The lowest BCUT2D eigenvalue weighted by Gasteiger charge is -1.89. The van der Waals surface area contributed by atoms with E-state index in [4.69, 9.17) is 9.56 Å². The van der Waals surface area contributed by atoms with Gasteiger partial charge in [-0.05, 0) is 12.1 Å². The summed E-state index contributed by atoms with van der Waals surface area (Å²) in [6.07, 6.45) is 0.556. The molecule has 2 rings (SSSR count). The van der Waals surface area contributed by atoms with Crippen molar-refractivity contribution in [1.82, 2.24) is 4.98 Å². The predicted molar refractivity (Wildman–Crippen MR) is 50.8 cm³/mol. The fourth-order valence-electron chi connectivity index (χ4n) is 1.16. The van der Waals surface area contributed by atoms with Gasteiger partial charge in [-0.15, -0.1) is 0 Å². The molecule has 6 nitrogen and oxygen atoms in total. The summed E-state index contributed by atoms with van der Waals surface area (Å²) in [5.41, 5.74) is 0.634. The van der Waals surface area contributed by atoms with Gasteiger partial charge in [0.1, 0.15) is 5.52 Å². The van der Waals surface area contributed by atoms with Gasteiger partial charge in [0, 0.05) is 0 Å². The summed E-state index contributed by atoms with van der Waals surface area (Å²) in [6, 6.07) is 4.59. The summed E-state index contributed by atoms with van der Waals surface area (Å²) < 4.78 is 26.8. The van der Waals surface area contributed by atoms with Crippen molar-refractivity contribution in [3.05, 3.63) is 23.8 Å². The van der Waals surface area contributed by atoms with Crippen LogP contribution in [0.5, 0.6) is 0 Å². The number of oxazole rings is 1. The summed E-state index contributed by atoms with van der Waals surface area (Å²) in [5.74, 6) is 0. The summed E-state index contributed by atoms with van der Waals surface area (Å²) in [4.78, 5) is 14.3. The summed E-state index contributed by atoms with van der Waals surface area (Å²) in [6.45, 7) is 0. The zero-order valence-electron chi connectivity index (χ0n) is 7.38. The minimum absolute atomic E-state index is 0.122. The second-order valence-corrected chi connectivity index (χ2v) is 4.28. The number of nitrogens with two attached hydrogens (primary N) is 1. The number of primary sulfonamides is 1. The van der Waals surface area contributed by atoms with E-state index in [9.17, 15) is 13.2 Å². The second kappa shape index (κ2) is 3.14. The van der Waals surface area contributed by atoms with Crippen LogP contribution in [-0.4, -0.2) is 19.7 Å². The summed E-state index contributed by atoms with van der Waals surface area (Å²) >= 11 is 0. The largest absolute Gasteiger partial charge is 0.426 e. The number of para-hydroxylation sites is 1. The third kappa shape index (κ3) is 1.62. The van der Waals surface area contributed by atoms with Crippen LogP contribution in [0.4, 0.5) is 0 Å². The van der Waals surface area contributed by atoms with Gasteiger partial charge in [-0.25, -0.2) is 13.6 Å². The molecular weight excluding hydrogens is 220 g/mol. The molecule has 2 N–H and O–H groups in total. The fraction of sp³-hybridized carbons (Fsp3) is 0. The first kappa shape index (κ1) is 9.81. The van der Waals surface area contributed by atoms with Crippen LogP contribution in [-0.2, 0) is 10.0 Å². The number of hydrogen-bond acceptors (Lipinski definition) is 5. The maximum atomic E-state index is 10.9. The van der Waals surface area contributed by atoms with Crippen LogP contribution in [0.2, 0.25) is 0 Å². The second-order valence-electron chi connectivity index (χ2n) is 2.84. The van der Waals surface area contributed by atoms with Gasteiger partial charge in [0.25, 0.3) is 10.0 Å². The first-order valence-corrected chi connectivity index (χ1v) is 5.44. The Kier molecular flexibility index (Phi) is 2.06. The molecule has 78 valence electrons. The highest BCUT2D eigenvalue weighted by atomic mass is 32.2. The van der Waals surface area contributed by atoms with Crippen molar-refractivity contribution in [2.24, 2.45) is 5.14 Å². The van der Waals surface area contributed by atoms with Crippen molar-refractivity contribution in [2.75, 3.05) is 0 Å². The summed E-state index contributed by atoms with van der Waals surface area (Å²) in [7, 11) is -3.98. The Morgan fingerprint density at radius 1 is 1.40 bits per heavy atom. The Labute approximate surface area is 84.8 Å². The molecule has 0 bridgehead atoms. The lowest BCUT2D eigenvalue weighted by atomic mass is 10.2. The van der Waals surface area contributed by atoms with Gasteiger partial charge >= 0.3 is 5.22 Å². The lowest BCUT2D eigenvalue weighted by molar-refractivity contribution is 0.112. The third-order valence-corrected chi connectivity index (χ3v) is 2.46. The van der Waals surface area contributed by atoms with E-state index in [1.165, 1.54) is 12.1 Å². The van der Waals surface area contributed by atoms with Gasteiger partial charge in [0.15, 0.2) is 11.9 Å². The van der Waals surface area contributed by atoms with Crippen LogP contribution in [0.25, 0.3) is 11.1 Å². The van der Waals surface area contributed by atoms with Crippen LogP contribution in [0.1, 0.15) is 10.4 Å². The van der Waals surface area contributed by atoms with Crippen LogP contribution in [0.3, 0.4) is 0 Å². The van der Waals surface area contributed by atoms with Crippen LogP contribution < -0.4 is 5.14 Å². The maximum absolute atomic E-state index is 10.9. The number of rotatable bonds is 2. The Morgan fingerprint density at radius 3 is 2.73 bits per heavy atom. The first-order chi connectivity index (χ1) is 7.02. The molecule has 0 atom stereocenters. The molecular formula is C8H6N2O4S. The monoisotopic (exact) mass is 226 g/mol. The van der Waals surface area contributed by atoms with Crippen molar-refractivity contribution < 1.29 is 17.6 Å². The van der Waals surface area contributed by atoms with Crippen molar-refractivity contribution in [1.29, 1.82) is 0 Å². The molecule has 1 aromatic carbocycles. The number of nitrogens with zero attached hydrogens (tertiary/aromatic N) is 1. The van der Waals surface area contributed by atoms with Gasteiger partial charge in [-0.1, -0.05) is 6.07 Å². The van der Waals surface area contributed by atoms with E-state index < -0.39 is 15.2 Å². The zero-order chi connectivity index (χ0) is 11.1. The molecule has 0 aliphatic heterocycles. The number of aldehydes is 1. The van der Waals surface area contributed by atoms with Crippen molar-refractivity contribution in [2.45, 2.75) is 5.22 Å². The molecule has 0 saturated carbocycles.